The Morgan fingerprint density at radius 3 is 1.00 bits per heavy atom. The molecule has 0 aromatic rings. The fourth-order valence-corrected chi connectivity index (χ4v) is 0. The predicted octanol–water partition coefficient (Wildman–Crippen LogP) is -2.64. The second kappa shape index (κ2) is 20.7. The molecule has 0 aliphatic rings. The van der Waals surface area contributed by atoms with Crippen LogP contribution in [0.4, 0.5) is 0 Å². The van der Waals surface area contributed by atoms with E-state index < -0.39 is 0 Å². The van der Waals surface area contributed by atoms with Crippen molar-refractivity contribution in [2.75, 3.05) is 0 Å². The Labute approximate surface area is 64.5 Å². The Hall–Kier alpha value is 1.89. The molecule has 0 aliphatic carbocycles. The Morgan fingerprint density at radius 1 is 1.00 bits per heavy atom. The van der Waals surface area contributed by atoms with Crippen molar-refractivity contribution in [3.8, 4) is 0 Å². The summed E-state index contributed by atoms with van der Waals surface area (Å²) in [4.78, 5) is 0. The maximum atomic E-state index is 0. The summed E-state index contributed by atoms with van der Waals surface area (Å²) in [5, 5.41) is 0. The van der Waals surface area contributed by atoms with E-state index in [-0.39, 0.29) is 64.9 Å². The average Bonchev–Trinajstić information content (AvgIpc) is 0. The molecule has 0 rings (SSSR count). The van der Waals surface area contributed by atoms with E-state index in [0.29, 0.717) is 0 Å². The van der Waals surface area contributed by atoms with E-state index in [1.54, 1.807) is 0 Å². The molecule has 0 aliphatic heterocycles. The van der Waals surface area contributed by atoms with Crippen LogP contribution in [-0.4, -0.2) is 28.3 Å². The van der Waals surface area contributed by atoms with Gasteiger partial charge in [-0.15, -0.1) is 0 Å². The largest absolute Gasteiger partial charge is 0.187 e. The van der Waals surface area contributed by atoms with Gasteiger partial charge in [0.05, 0.1) is 0 Å². The Morgan fingerprint density at radius 2 is 1.00 bits per heavy atom. The first-order chi connectivity index (χ1) is 0. The normalized spacial score (nSPS) is 0. The van der Waals surface area contributed by atoms with E-state index in [9.17, 15) is 0 Å². The third-order valence-corrected chi connectivity index (χ3v) is 0. The average molecular weight is 182 g/mol. The molecule has 0 saturated carbocycles. The number of hydrogen-bond donors (Lipinski definition) is 0. The van der Waals surface area contributed by atoms with Crippen LogP contribution in [0.3, 0.4) is 0 Å². The van der Waals surface area contributed by atoms with E-state index in [4.69, 9.17) is 0 Å². The molecule has 0 unspecified atom stereocenters. The molecule has 0 aromatic heterocycles. The number of hydrogen-bond acceptors (Lipinski definition) is 0. The molecular weight excluding hydrogens is 175 g/mol. The fraction of sp³-hybridized carbons (Fsp3) is 0. The predicted molar refractivity (Wildman–Crippen MR) is 21.3 cm³/mol. The minimum atomic E-state index is 0. The quantitative estimate of drug-likeness (QED) is 0.359. The first-order valence-corrected chi connectivity index (χ1v) is 0. The molecule has 0 heterocycles. The van der Waals surface area contributed by atoms with Crippen molar-refractivity contribution in [1.82, 2.24) is 0 Å². The van der Waals surface area contributed by atoms with Crippen LogP contribution in [0.25, 0.3) is 0 Å². The van der Waals surface area contributed by atoms with Gasteiger partial charge in [0.2, 0.25) is 0 Å². The van der Waals surface area contributed by atoms with E-state index in [0.717, 1.165) is 0 Å². The second-order valence-corrected chi connectivity index (χ2v) is 0. The van der Waals surface area contributed by atoms with Crippen LogP contribution in [0.15, 0.2) is 0 Å². The molecule has 0 saturated heterocycles. The zero-order valence-corrected chi connectivity index (χ0v) is 5.23. The smallest absolute Gasteiger partial charge is 0.0149 e. The van der Waals surface area contributed by atoms with E-state index in [1.165, 1.54) is 0 Å². The molecule has 0 aromatic carbocycles. The van der Waals surface area contributed by atoms with Gasteiger partial charge in [-0.25, -0.2) is 0 Å². The van der Waals surface area contributed by atoms with Gasteiger partial charge in [-0.3, -0.25) is 0 Å². The van der Waals surface area contributed by atoms with Gasteiger partial charge in [-0.2, -0.15) is 0 Å². The Balaban J connectivity index is 0. The number of rotatable bonds is 0. The minimum absolute atomic E-state index is 0. The van der Waals surface area contributed by atoms with Crippen LogP contribution in [0.1, 0.15) is 0 Å². The van der Waals surface area contributed by atoms with Gasteiger partial charge in [0.15, 0.2) is 17.4 Å². The van der Waals surface area contributed by atoms with Crippen LogP contribution in [0.2, 0.25) is 0 Å². The van der Waals surface area contributed by atoms with Crippen molar-refractivity contribution >= 4 is 28.3 Å². The van der Waals surface area contributed by atoms with Crippen LogP contribution in [0, 0.1) is 0 Å². The second-order valence-electron chi connectivity index (χ2n) is 0. The Bertz CT molecular complexity index is 8.00. The van der Waals surface area contributed by atoms with Crippen molar-refractivity contribution < 1.29 is 36.5 Å². The molecule has 0 fully saturated rings. The summed E-state index contributed by atoms with van der Waals surface area (Å²) in [6.45, 7) is 0. The van der Waals surface area contributed by atoms with Gasteiger partial charge >= 0.3 is 0 Å². The zero-order chi connectivity index (χ0) is 0. The van der Waals surface area contributed by atoms with Gasteiger partial charge in [-0.05, 0) is 11.0 Å². The zero-order valence-electron chi connectivity index (χ0n) is 1.09. The van der Waals surface area contributed by atoms with Gasteiger partial charge in [0.1, 0.15) is 0 Å². The summed E-state index contributed by atoms with van der Waals surface area (Å²) in [5.41, 5.74) is 0. The van der Waals surface area contributed by atoms with Gasteiger partial charge in [-0.1, -0.05) is 0 Å². The fourth-order valence-electron chi connectivity index (χ4n) is 0. The summed E-state index contributed by atoms with van der Waals surface area (Å²) in [7, 11) is 0. The first kappa shape index (κ1) is 39.4. The molecule has 0 atom stereocenters. The summed E-state index contributed by atoms with van der Waals surface area (Å²) in [5.74, 6) is 0. The molecule has 0 N–H and O–H groups in total. The summed E-state index contributed by atoms with van der Waals surface area (Å²) < 4.78 is 0. The third kappa shape index (κ3) is 9.09. The topological polar surface area (TPSA) is 0 Å². The Kier molecular flexibility index (Phi) is 204. The molecule has 4 heteroatoms. The summed E-state index contributed by atoms with van der Waals surface area (Å²) in [6, 6.07) is 0. The van der Waals surface area contributed by atoms with E-state index in [2.05, 4.69) is 0 Å². The van der Waals surface area contributed by atoms with Gasteiger partial charge in [0, 0.05) is 36.5 Å². The maximum absolute atomic E-state index is 0. The van der Waals surface area contributed by atoms with E-state index >= 15 is 0 Å². The van der Waals surface area contributed by atoms with Gasteiger partial charge in [0.25, 0.3) is 0 Å². The molecule has 23 valence electrons. The molecule has 0 spiro atoms. The summed E-state index contributed by atoms with van der Waals surface area (Å²) in [6.07, 6.45) is 0. The van der Waals surface area contributed by atoms with Crippen LogP contribution in [0.5, 0.6) is 0 Å². The third-order valence-electron chi connectivity index (χ3n) is 0. The van der Waals surface area contributed by atoms with E-state index in [1.807, 2.05) is 0 Å². The first-order valence-electron chi connectivity index (χ1n) is 0. The van der Waals surface area contributed by atoms with Gasteiger partial charge < -0.3 is 0 Å². The molecule has 0 nitrogen and oxygen atoms in total. The van der Waals surface area contributed by atoms with Crippen LogP contribution >= 0.6 is 0 Å². The van der Waals surface area contributed by atoms with Crippen LogP contribution in [-0.2, 0) is 36.5 Å². The minimum Gasteiger partial charge on any atom is -0.0149 e. The van der Waals surface area contributed by atoms with Crippen LogP contribution < -0.4 is 0 Å². The van der Waals surface area contributed by atoms with Crippen molar-refractivity contribution in [3.05, 3.63) is 0 Å². The molecule has 4 heavy (non-hydrogen) atoms. The van der Waals surface area contributed by atoms with Crippen molar-refractivity contribution in [3.63, 3.8) is 0 Å². The molecular formula is H7AlMnSiZn. The molecule has 0 bridgehead atoms. The maximum Gasteiger partial charge on any atom is 0.187 e. The summed E-state index contributed by atoms with van der Waals surface area (Å²) >= 11 is 0. The standard InChI is InChI=1S/Al.Mn.H4Si.Zn.3H/h;;1H4;;;;. The van der Waals surface area contributed by atoms with Crippen molar-refractivity contribution in [1.29, 1.82) is 0 Å². The monoisotopic (exact) mass is 181 g/mol. The van der Waals surface area contributed by atoms with Crippen molar-refractivity contribution in [2.24, 2.45) is 0 Å². The van der Waals surface area contributed by atoms with Crippen molar-refractivity contribution in [2.45, 2.75) is 0 Å². The molecule has 1 radical (unpaired) electrons. The molecule has 0 amide bonds. The SMILES string of the molecule is [AlH3].[Mn].[SiH4].[Zn].